The Balaban J connectivity index is 2.93. The molecule has 1 nitrogen and oxygen atoms in total. The van der Waals surface area contributed by atoms with Gasteiger partial charge in [0, 0.05) is 0 Å². The van der Waals surface area contributed by atoms with Crippen LogP contribution in [0, 0.1) is 6.92 Å². The number of ether oxygens (including phenoxy) is 1. The SMILES string of the molecule is COC(=S)c1sccc1C. The van der Waals surface area contributed by atoms with E-state index >= 15 is 0 Å². The second-order valence-corrected chi connectivity index (χ2v) is 3.21. The summed E-state index contributed by atoms with van der Waals surface area (Å²) in [7, 11) is 1.60. The zero-order valence-corrected chi connectivity index (χ0v) is 7.51. The van der Waals surface area contributed by atoms with Crippen molar-refractivity contribution >= 4 is 28.6 Å². The first kappa shape index (κ1) is 7.69. The number of thiophene rings is 1. The number of rotatable bonds is 1. The van der Waals surface area contributed by atoms with Crippen molar-refractivity contribution in [2.45, 2.75) is 6.92 Å². The Morgan fingerprint density at radius 1 is 1.70 bits per heavy atom. The Hall–Kier alpha value is -0.410. The van der Waals surface area contributed by atoms with E-state index in [1.807, 2.05) is 18.4 Å². The van der Waals surface area contributed by atoms with Gasteiger partial charge in [0.1, 0.15) is 0 Å². The molecule has 1 aromatic rings. The third-order valence-corrected chi connectivity index (χ3v) is 2.75. The molecule has 0 saturated carbocycles. The molecule has 0 N–H and O–H groups in total. The van der Waals surface area contributed by atoms with E-state index in [-0.39, 0.29) is 0 Å². The predicted molar refractivity (Wildman–Crippen MR) is 47.8 cm³/mol. The van der Waals surface area contributed by atoms with Gasteiger partial charge in [0.05, 0.1) is 12.0 Å². The molecule has 3 heteroatoms. The summed E-state index contributed by atoms with van der Waals surface area (Å²) in [6.07, 6.45) is 0. The third kappa shape index (κ3) is 1.36. The normalized spacial score (nSPS) is 9.40. The average molecular weight is 172 g/mol. The molecule has 1 aromatic heterocycles. The quantitative estimate of drug-likeness (QED) is 0.601. The highest BCUT2D eigenvalue weighted by molar-refractivity contribution is 7.80. The number of hydrogen-bond donors (Lipinski definition) is 0. The van der Waals surface area contributed by atoms with Crippen LogP contribution in [0.1, 0.15) is 10.4 Å². The predicted octanol–water partition coefficient (Wildman–Crippen LogP) is 2.38. The largest absolute Gasteiger partial charge is 0.486 e. The third-order valence-electron chi connectivity index (χ3n) is 1.23. The Labute approximate surface area is 69.6 Å². The summed E-state index contributed by atoms with van der Waals surface area (Å²) in [5.74, 6) is 0. The summed E-state index contributed by atoms with van der Waals surface area (Å²) in [5.41, 5.74) is 1.19. The van der Waals surface area contributed by atoms with Crippen LogP contribution in [-0.4, -0.2) is 12.2 Å². The second kappa shape index (κ2) is 3.12. The molecule has 0 fully saturated rings. The van der Waals surface area contributed by atoms with Crippen LogP contribution >= 0.6 is 23.6 Å². The van der Waals surface area contributed by atoms with Gasteiger partial charge in [-0.05, 0) is 36.2 Å². The zero-order chi connectivity index (χ0) is 7.56. The summed E-state index contributed by atoms with van der Waals surface area (Å²) in [6, 6.07) is 2.03. The van der Waals surface area contributed by atoms with Gasteiger partial charge in [0.25, 0.3) is 0 Å². The van der Waals surface area contributed by atoms with E-state index in [1.54, 1.807) is 18.4 Å². The van der Waals surface area contributed by atoms with Crippen molar-refractivity contribution in [3.05, 3.63) is 21.9 Å². The first-order valence-electron chi connectivity index (χ1n) is 2.88. The van der Waals surface area contributed by atoms with Gasteiger partial charge in [-0.25, -0.2) is 0 Å². The van der Waals surface area contributed by atoms with Crippen molar-refractivity contribution < 1.29 is 4.74 Å². The van der Waals surface area contributed by atoms with Crippen LogP contribution in [-0.2, 0) is 4.74 Å². The topological polar surface area (TPSA) is 9.23 Å². The number of thiocarbonyl (C=S) groups is 1. The maximum atomic E-state index is 4.95. The first-order valence-corrected chi connectivity index (χ1v) is 4.17. The fraction of sp³-hybridized carbons (Fsp3) is 0.286. The summed E-state index contributed by atoms with van der Waals surface area (Å²) >= 11 is 6.57. The molecule has 0 atom stereocenters. The molecule has 0 amide bonds. The summed E-state index contributed by atoms with van der Waals surface area (Å²) < 4.78 is 4.92. The molecule has 0 spiro atoms. The highest BCUT2D eigenvalue weighted by Gasteiger charge is 2.04. The fourth-order valence-corrected chi connectivity index (χ4v) is 1.82. The lowest BCUT2D eigenvalue weighted by atomic mass is 10.3. The van der Waals surface area contributed by atoms with Gasteiger partial charge >= 0.3 is 0 Å². The van der Waals surface area contributed by atoms with Crippen LogP contribution in [0.15, 0.2) is 11.4 Å². The first-order chi connectivity index (χ1) is 4.75. The molecule has 1 rings (SSSR count). The molecule has 0 aliphatic rings. The maximum absolute atomic E-state index is 4.95. The van der Waals surface area contributed by atoms with Crippen molar-refractivity contribution in [3.8, 4) is 0 Å². The van der Waals surface area contributed by atoms with E-state index in [0.29, 0.717) is 5.05 Å². The van der Waals surface area contributed by atoms with E-state index in [0.717, 1.165) is 4.88 Å². The molecule has 0 unspecified atom stereocenters. The van der Waals surface area contributed by atoms with Crippen molar-refractivity contribution in [2.75, 3.05) is 7.11 Å². The van der Waals surface area contributed by atoms with Crippen LogP contribution < -0.4 is 0 Å². The van der Waals surface area contributed by atoms with Gasteiger partial charge in [-0.1, -0.05) is 0 Å². The highest BCUT2D eigenvalue weighted by atomic mass is 32.1. The molecular formula is C7H8OS2. The summed E-state index contributed by atoms with van der Waals surface area (Å²) in [4.78, 5) is 1.07. The van der Waals surface area contributed by atoms with Gasteiger partial charge < -0.3 is 4.74 Å². The Morgan fingerprint density at radius 2 is 2.40 bits per heavy atom. The number of hydrogen-bond acceptors (Lipinski definition) is 3. The van der Waals surface area contributed by atoms with Crippen LogP contribution in [0.3, 0.4) is 0 Å². The van der Waals surface area contributed by atoms with Crippen molar-refractivity contribution in [3.63, 3.8) is 0 Å². The fourth-order valence-electron chi connectivity index (χ4n) is 0.675. The second-order valence-electron chi connectivity index (χ2n) is 1.92. The number of aryl methyl sites for hydroxylation is 1. The average Bonchev–Trinajstić information content (AvgIpc) is 2.34. The van der Waals surface area contributed by atoms with Crippen molar-refractivity contribution in [1.29, 1.82) is 0 Å². The lowest BCUT2D eigenvalue weighted by Gasteiger charge is -1.98. The van der Waals surface area contributed by atoms with E-state index in [2.05, 4.69) is 0 Å². The van der Waals surface area contributed by atoms with Gasteiger partial charge in [0.2, 0.25) is 5.05 Å². The van der Waals surface area contributed by atoms with Gasteiger partial charge in [-0.2, -0.15) is 0 Å². The monoisotopic (exact) mass is 172 g/mol. The van der Waals surface area contributed by atoms with Gasteiger partial charge in [-0.15, -0.1) is 11.3 Å². The lowest BCUT2D eigenvalue weighted by molar-refractivity contribution is 0.416. The zero-order valence-electron chi connectivity index (χ0n) is 5.88. The Morgan fingerprint density at radius 3 is 2.80 bits per heavy atom. The van der Waals surface area contributed by atoms with Gasteiger partial charge in [-0.3, -0.25) is 0 Å². The molecule has 0 saturated heterocycles. The Kier molecular flexibility index (Phi) is 2.40. The maximum Gasteiger partial charge on any atom is 0.201 e. The van der Waals surface area contributed by atoms with E-state index in [4.69, 9.17) is 17.0 Å². The molecule has 0 bridgehead atoms. The minimum atomic E-state index is 0.590. The van der Waals surface area contributed by atoms with Gasteiger partial charge in [0.15, 0.2) is 0 Å². The molecule has 54 valence electrons. The number of methoxy groups -OCH3 is 1. The van der Waals surface area contributed by atoms with E-state index in [1.165, 1.54) is 5.56 Å². The molecule has 0 aliphatic carbocycles. The Bertz CT molecular complexity index is 240. The smallest absolute Gasteiger partial charge is 0.201 e. The standard InChI is InChI=1S/C7H8OS2/c1-5-3-4-10-6(5)7(9)8-2/h3-4H,1-2H3. The molecule has 1 heterocycles. The molecule has 0 radical (unpaired) electrons. The van der Waals surface area contributed by atoms with Crippen LogP contribution in [0.5, 0.6) is 0 Å². The minimum Gasteiger partial charge on any atom is -0.486 e. The van der Waals surface area contributed by atoms with Crippen LogP contribution in [0.4, 0.5) is 0 Å². The van der Waals surface area contributed by atoms with Crippen molar-refractivity contribution in [1.82, 2.24) is 0 Å². The van der Waals surface area contributed by atoms with Crippen LogP contribution in [0.25, 0.3) is 0 Å². The molecule has 0 aliphatic heterocycles. The molecular weight excluding hydrogens is 164 g/mol. The summed E-state index contributed by atoms with van der Waals surface area (Å²) in [5, 5.41) is 2.60. The van der Waals surface area contributed by atoms with E-state index in [9.17, 15) is 0 Å². The summed E-state index contributed by atoms with van der Waals surface area (Å²) in [6.45, 7) is 2.02. The molecule has 0 aromatic carbocycles. The lowest BCUT2D eigenvalue weighted by Crippen LogP contribution is -1.97. The minimum absolute atomic E-state index is 0.590. The van der Waals surface area contributed by atoms with E-state index < -0.39 is 0 Å². The molecule has 10 heavy (non-hydrogen) atoms. The van der Waals surface area contributed by atoms with Crippen molar-refractivity contribution in [2.24, 2.45) is 0 Å². The van der Waals surface area contributed by atoms with Crippen LogP contribution in [0.2, 0.25) is 0 Å². The highest BCUT2D eigenvalue weighted by Crippen LogP contribution is 2.16.